The Labute approximate surface area is 128 Å². The molecule has 1 fully saturated rings. The van der Waals surface area contributed by atoms with E-state index in [1.165, 1.54) is 5.56 Å². The number of nitrogens with one attached hydrogen (secondary N) is 2. The van der Waals surface area contributed by atoms with Crippen molar-refractivity contribution in [2.75, 3.05) is 13.1 Å². The second kappa shape index (κ2) is 7.08. The number of carbonyl (C=O) groups is 1. The normalized spacial score (nSPS) is 19.2. The van der Waals surface area contributed by atoms with Crippen LogP contribution in [-0.4, -0.2) is 19.0 Å². The molecule has 0 spiro atoms. The van der Waals surface area contributed by atoms with Gasteiger partial charge in [-0.15, -0.1) is 0 Å². The minimum Gasteiger partial charge on any atom is -0.349 e. The Hall–Kier alpha value is -1.35. The zero-order chi connectivity index (χ0) is 15.3. The Kier molecular flexibility index (Phi) is 5.40. The van der Waals surface area contributed by atoms with Gasteiger partial charge in [0.1, 0.15) is 0 Å². The molecule has 21 heavy (non-hydrogen) atoms. The number of carbonyl (C=O) groups excluding carboxylic acids is 1. The number of benzene rings is 1. The largest absolute Gasteiger partial charge is 0.349 e. The molecule has 1 aliphatic rings. The van der Waals surface area contributed by atoms with Crippen LogP contribution in [0.2, 0.25) is 0 Å². The van der Waals surface area contributed by atoms with Crippen molar-refractivity contribution in [3.8, 4) is 0 Å². The molecule has 0 bridgehead atoms. The molecule has 0 aliphatic carbocycles. The molecule has 0 radical (unpaired) electrons. The van der Waals surface area contributed by atoms with Crippen LogP contribution in [-0.2, 0) is 4.79 Å². The molecule has 3 heteroatoms. The summed E-state index contributed by atoms with van der Waals surface area (Å²) in [6.07, 6.45) is 2.80. The molecular weight excluding hydrogens is 260 g/mol. The van der Waals surface area contributed by atoms with Gasteiger partial charge in [0, 0.05) is 0 Å². The topological polar surface area (TPSA) is 41.1 Å². The SMILES string of the molecule is CCC1(C(=O)NC(c2ccccc2)C(C)C)CCNCC1. The van der Waals surface area contributed by atoms with Crippen LogP contribution in [0, 0.1) is 11.3 Å². The molecule has 1 atom stereocenters. The number of hydrogen-bond acceptors (Lipinski definition) is 2. The van der Waals surface area contributed by atoms with Gasteiger partial charge in [0.2, 0.25) is 5.91 Å². The van der Waals surface area contributed by atoms with E-state index in [4.69, 9.17) is 0 Å². The number of amides is 1. The summed E-state index contributed by atoms with van der Waals surface area (Å²) in [5.41, 5.74) is 1.01. The van der Waals surface area contributed by atoms with Gasteiger partial charge in [0.25, 0.3) is 0 Å². The monoisotopic (exact) mass is 288 g/mol. The third-order valence-electron chi connectivity index (χ3n) is 4.83. The molecule has 0 aromatic heterocycles. The lowest BCUT2D eigenvalue weighted by Gasteiger charge is -2.37. The first-order valence-corrected chi connectivity index (χ1v) is 8.16. The first-order chi connectivity index (χ1) is 10.1. The van der Waals surface area contributed by atoms with Gasteiger partial charge in [0.05, 0.1) is 11.5 Å². The molecule has 1 amide bonds. The predicted octanol–water partition coefficient (Wildman–Crippen LogP) is 3.28. The highest BCUT2D eigenvalue weighted by Crippen LogP contribution is 2.34. The molecule has 1 aromatic carbocycles. The Bertz CT molecular complexity index is 450. The summed E-state index contributed by atoms with van der Waals surface area (Å²) in [6.45, 7) is 8.35. The van der Waals surface area contributed by atoms with Crippen molar-refractivity contribution in [3.63, 3.8) is 0 Å². The second-order valence-electron chi connectivity index (χ2n) is 6.49. The summed E-state index contributed by atoms with van der Waals surface area (Å²) < 4.78 is 0. The lowest BCUT2D eigenvalue weighted by Crippen LogP contribution is -2.48. The van der Waals surface area contributed by atoms with Crippen molar-refractivity contribution in [2.24, 2.45) is 11.3 Å². The van der Waals surface area contributed by atoms with Crippen molar-refractivity contribution >= 4 is 5.91 Å². The minimum absolute atomic E-state index is 0.0945. The van der Waals surface area contributed by atoms with Gasteiger partial charge in [-0.25, -0.2) is 0 Å². The molecule has 1 unspecified atom stereocenters. The van der Waals surface area contributed by atoms with Gasteiger partial charge in [-0.05, 0) is 43.8 Å². The van der Waals surface area contributed by atoms with Crippen LogP contribution < -0.4 is 10.6 Å². The standard InChI is InChI=1S/C18H28N2O/c1-4-18(10-12-19-13-11-18)17(21)20-16(14(2)3)15-8-6-5-7-9-15/h5-9,14,16,19H,4,10-13H2,1-3H3,(H,20,21). The van der Waals surface area contributed by atoms with E-state index in [-0.39, 0.29) is 17.4 Å². The van der Waals surface area contributed by atoms with Gasteiger partial charge < -0.3 is 10.6 Å². The predicted molar refractivity (Wildman–Crippen MR) is 87.0 cm³/mol. The van der Waals surface area contributed by atoms with Crippen LogP contribution >= 0.6 is 0 Å². The van der Waals surface area contributed by atoms with Crippen molar-refractivity contribution in [1.29, 1.82) is 0 Å². The highest BCUT2D eigenvalue weighted by atomic mass is 16.2. The highest BCUT2D eigenvalue weighted by Gasteiger charge is 2.38. The molecule has 1 saturated heterocycles. The van der Waals surface area contributed by atoms with Gasteiger partial charge in [-0.3, -0.25) is 4.79 Å². The van der Waals surface area contributed by atoms with Crippen LogP contribution in [0.1, 0.15) is 51.6 Å². The van der Waals surface area contributed by atoms with Crippen LogP contribution in [0.25, 0.3) is 0 Å². The van der Waals surface area contributed by atoms with E-state index in [0.29, 0.717) is 5.92 Å². The van der Waals surface area contributed by atoms with Gasteiger partial charge in [0.15, 0.2) is 0 Å². The molecule has 3 nitrogen and oxygen atoms in total. The summed E-state index contributed by atoms with van der Waals surface area (Å²) in [4.78, 5) is 12.9. The fourth-order valence-corrected chi connectivity index (χ4v) is 3.24. The van der Waals surface area contributed by atoms with Gasteiger partial charge in [-0.1, -0.05) is 51.1 Å². The summed E-state index contributed by atoms with van der Waals surface area (Å²) in [5.74, 6) is 0.612. The summed E-state index contributed by atoms with van der Waals surface area (Å²) in [5, 5.41) is 6.68. The quantitative estimate of drug-likeness (QED) is 0.873. The third kappa shape index (κ3) is 3.65. The maximum absolute atomic E-state index is 12.9. The number of rotatable bonds is 5. The fourth-order valence-electron chi connectivity index (χ4n) is 3.24. The summed E-state index contributed by atoms with van der Waals surface area (Å²) in [7, 11) is 0. The maximum Gasteiger partial charge on any atom is 0.226 e. The van der Waals surface area contributed by atoms with Crippen LogP contribution in [0.15, 0.2) is 30.3 Å². The average molecular weight is 288 g/mol. The van der Waals surface area contributed by atoms with E-state index in [2.05, 4.69) is 43.5 Å². The Morgan fingerprint density at radius 2 is 1.86 bits per heavy atom. The molecule has 2 N–H and O–H groups in total. The first-order valence-electron chi connectivity index (χ1n) is 8.16. The Morgan fingerprint density at radius 3 is 2.38 bits per heavy atom. The van der Waals surface area contributed by atoms with Gasteiger partial charge in [-0.2, -0.15) is 0 Å². The van der Waals surface area contributed by atoms with E-state index >= 15 is 0 Å². The minimum atomic E-state index is -0.187. The first kappa shape index (κ1) is 16.0. The third-order valence-corrected chi connectivity index (χ3v) is 4.83. The Morgan fingerprint density at radius 1 is 1.24 bits per heavy atom. The Balaban J connectivity index is 2.14. The second-order valence-corrected chi connectivity index (χ2v) is 6.49. The van der Waals surface area contributed by atoms with Crippen molar-refractivity contribution in [2.45, 2.75) is 46.1 Å². The lowest BCUT2D eigenvalue weighted by molar-refractivity contribution is -0.134. The molecule has 2 rings (SSSR count). The van der Waals surface area contributed by atoms with E-state index < -0.39 is 0 Å². The van der Waals surface area contributed by atoms with Crippen LogP contribution in [0.5, 0.6) is 0 Å². The molecule has 1 aliphatic heterocycles. The van der Waals surface area contributed by atoms with E-state index in [9.17, 15) is 4.79 Å². The molecular formula is C18H28N2O. The van der Waals surface area contributed by atoms with E-state index in [1.54, 1.807) is 0 Å². The molecule has 1 aromatic rings. The van der Waals surface area contributed by atoms with E-state index in [1.807, 2.05) is 18.2 Å². The smallest absolute Gasteiger partial charge is 0.226 e. The van der Waals surface area contributed by atoms with Crippen molar-refractivity contribution in [1.82, 2.24) is 10.6 Å². The molecule has 1 heterocycles. The fraction of sp³-hybridized carbons (Fsp3) is 0.611. The number of piperidine rings is 1. The van der Waals surface area contributed by atoms with Crippen LogP contribution in [0.3, 0.4) is 0 Å². The summed E-state index contributed by atoms with van der Waals surface area (Å²) in [6, 6.07) is 10.4. The van der Waals surface area contributed by atoms with E-state index in [0.717, 1.165) is 32.4 Å². The maximum atomic E-state index is 12.9. The highest BCUT2D eigenvalue weighted by molar-refractivity contribution is 5.83. The summed E-state index contributed by atoms with van der Waals surface area (Å²) >= 11 is 0. The number of hydrogen-bond donors (Lipinski definition) is 2. The average Bonchev–Trinajstić information content (AvgIpc) is 2.53. The van der Waals surface area contributed by atoms with Crippen molar-refractivity contribution < 1.29 is 4.79 Å². The molecule has 116 valence electrons. The lowest BCUT2D eigenvalue weighted by atomic mass is 9.75. The van der Waals surface area contributed by atoms with Crippen molar-refractivity contribution in [3.05, 3.63) is 35.9 Å². The van der Waals surface area contributed by atoms with Crippen LogP contribution in [0.4, 0.5) is 0 Å². The molecule has 0 saturated carbocycles. The van der Waals surface area contributed by atoms with Gasteiger partial charge >= 0.3 is 0 Å². The zero-order valence-corrected chi connectivity index (χ0v) is 13.5. The zero-order valence-electron chi connectivity index (χ0n) is 13.5.